The summed E-state index contributed by atoms with van der Waals surface area (Å²) in [7, 11) is -5.02. The quantitative estimate of drug-likeness (QED) is 0.0717. The monoisotopic (exact) mass is 653 g/mol. The Balaban J connectivity index is 1.59. The van der Waals surface area contributed by atoms with Crippen molar-refractivity contribution in [2.45, 2.75) is 63.8 Å². The average molecular weight is 654 g/mol. The molecule has 0 aliphatic carbocycles. The summed E-state index contributed by atoms with van der Waals surface area (Å²) in [6, 6.07) is 3.84. The molecule has 1 aromatic carbocycles. The fraction of sp³-hybridized carbons (Fsp3) is 0.440. The lowest BCUT2D eigenvalue weighted by atomic mass is 9.84. The molecule has 1 fully saturated rings. The lowest BCUT2D eigenvalue weighted by Crippen LogP contribution is -2.76. The van der Waals surface area contributed by atoms with Gasteiger partial charge in [-0.15, -0.1) is 15.6 Å². The highest BCUT2D eigenvalue weighted by Gasteiger charge is 2.58. The Morgan fingerprint density at radius 1 is 1.36 bits per heavy atom. The molecule has 0 spiro atoms. The number of aromatic nitrogens is 1. The van der Waals surface area contributed by atoms with Gasteiger partial charge < -0.3 is 31.5 Å². The number of anilines is 1. The highest BCUT2D eigenvalue weighted by Crippen LogP contribution is 2.35. The van der Waals surface area contributed by atoms with E-state index in [1.807, 2.05) is 13.0 Å². The number of carboxylic acids is 1. The number of hydroxylamine groups is 2. The molecule has 3 atom stereocenters. The van der Waals surface area contributed by atoms with Crippen molar-refractivity contribution in [2.75, 3.05) is 12.3 Å². The zero-order chi connectivity index (χ0) is 32.6. The van der Waals surface area contributed by atoms with Crippen molar-refractivity contribution in [1.29, 1.82) is 0 Å². The van der Waals surface area contributed by atoms with Gasteiger partial charge in [0.1, 0.15) is 23.3 Å². The Kier molecular flexibility index (Phi) is 8.87. The minimum atomic E-state index is -5.02. The molecule has 1 saturated heterocycles. The van der Waals surface area contributed by atoms with Gasteiger partial charge in [0.2, 0.25) is 0 Å². The van der Waals surface area contributed by atoms with E-state index in [1.165, 1.54) is 26.2 Å². The number of amides is 2. The molecule has 1 aromatic heterocycles. The number of oxime groups is 1. The van der Waals surface area contributed by atoms with Gasteiger partial charge in [-0.05, 0) is 64.3 Å². The number of nitrogen functional groups attached to an aromatic ring is 1. The number of carbonyl (C=O) groups excluding carboxylic acids is 2. The van der Waals surface area contributed by atoms with E-state index in [0.717, 1.165) is 16.9 Å². The van der Waals surface area contributed by atoms with Crippen molar-refractivity contribution in [3.05, 3.63) is 40.4 Å². The summed E-state index contributed by atoms with van der Waals surface area (Å²) in [5.41, 5.74) is 9.10. The molecule has 17 nitrogen and oxygen atoms in total. The number of nitrogens with two attached hydrogens (primary N) is 2. The van der Waals surface area contributed by atoms with Crippen LogP contribution >= 0.6 is 11.3 Å². The van der Waals surface area contributed by atoms with Gasteiger partial charge >= 0.3 is 16.4 Å². The molecule has 7 N–H and O–H groups in total. The van der Waals surface area contributed by atoms with Gasteiger partial charge in [-0.1, -0.05) is 5.16 Å². The fourth-order valence-corrected chi connectivity index (χ4v) is 5.60. The lowest BCUT2D eigenvalue weighted by molar-refractivity contribution is -0.218. The van der Waals surface area contributed by atoms with Crippen LogP contribution in [0.5, 0.6) is 5.75 Å². The highest BCUT2D eigenvalue weighted by atomic mass is 32.3. The minimum absolute atomic E-state index is 0.0606. The number of fused-ring (bicyclic) bond motifs is 1. The van der Waals surface area contributed by atoms with E-state index in [0.29, 0.717) is 35.2 Å². The first kappa shape index (κ1) is 32.6. The maximum Gasteiger partial charge on any atom is 0.418 e. The molecule has 4 rings (SSSR count). The molecule has 2 aromatic rings. The molecule has 238 valence electrons. The van der Waals surface area contributed by atoms with Crippen molar-refractivity contribution in [3.63, 3.8) is 0 Å². The number of carbonyl (C=O) groups is 3. The normalized spacial score (nSPS) is 21.4. The van der Waals surface area contributed by atoms with E-state index in [9.17, 15) is 27.9 Å². The largest absolute Gasteiger partial charge is 0.485 e. The maximum absolute atomic E-state index is 13.4. The second kappa shape index (κ2) is 12.0. The highest BCUT2D eigenvalue weighted by molar-refractivity contribution is 7.80. The number of aryl methyl sites for hydroxylation is 1. The average Bonchev–Trinajstić information content (AvgIpc) is 3.38. The number of thiazole rings is 1. The number of benzene rings is 1. The molecule has 0 radical (unpaired) electrons. The number of nitrogens with one attached hydrogen (secondary N) is 1. The first-order valence-corrected chi connectivity index (χ1v) is 15.3. The van der Waals surface area contributed by atoms with Crippen LogP contribution < -0.4 is 21.5 Å². The van der Waals surface area contributed by atoms with Gasteiger partial charge in [0.25, 0.3) is 17.4 Å². The van der Waals surface area contributed by atoms with Crippen molar-refractivity contribution >= 4 is 56.2 Å². The topological polar surface area (TPSA) is 258 Å². The van der Waals surface area contributed by atoms with Crippen molar-refractivity contribution < 1.29 is 46.3 Å². The van der Waals surface area contributed by atoms with Crippen LogP contribution in [0, 0.1) is 0 Å². The SMILES string of the molecule is CCN=C(N)c1ccc2c(c1)CC[C@H]([C@](C)(O/N=C(\C(=O)N[C@@H]1C(=O)N(OS(=O)(=O)O)C1(C)C)c1csc(N)n1)C(=O)O)O2. The first-order valence-electron chi connectivity index (χ1n) is 13.1. The number of hydrogen-bond acceptors (Lipinski definition) is 13. The molecule has 2 amide bonds. The van der Waals surface area contributed by atoms with Gasteiger partial charge in [-0.25, -0.2) is 9.78 Å². The number of carboxylic acid groups (broad SMARTS) is 1. The van der Waals surface area contributed by atoms with Gasteiger partial charge in [-0.3, -0.25) is 19.1 Å². The van der Waals surface area contributed by atoms with E-state index in [4.69, 9.17) is 25.6 Å². The Morgan fingerprint density at radius 2 is 2.07 bits per heavy atom. The van der Waals surface area contributed by atoms with Crippen molar-refractivity contribution in [2.24, 2.45) is 15.9 Å². The summed E-state index contributed by atoms with van der Waals surface area (Å²) in [6.45, 7) is 6.34. The van der Waals surface area contributed by atoms with Crippen LogP contribution in [0.25, 0.3) is 0 Å². The zero-order valence-electron chi connectivity index (χ0n) is 24.0. The summed E-state index contributed by atoms with van der Waals surface area (Å²) in [5.74, 6) is -2.66. The molecule has 2 aliphatic rings. The van der Waals surface area contributed by atoms with Gasteiger partial charge in [-0.2, -0.15) is 13.5 Å². The number of amidine groups is 1. The van der Waals surface area contributed by atoms with E-state index in [2.05, 4.69) is 24.7 Å². The number of aliphatic carboxylic acids is 1. The Morgan fingerprint density at radius 3 is 2.64 bits per heavy atom. The summed E-state index contributed by atoms with van der Waals surface area (Å²) in [6.07, 6.45) is -0.425. The van der Waals surface area contributed by atoms with Crippen LogP contribution in [0.3, 0.4) is 0 Å². The molecule has 3 heterocycles. The summed E-state index contributed by atoms with van der Waals surface area (Å²) >= 11 is 0.964. The third-order valence-corrected chi connectivity index (χ3v) is 8.11. The molecule has 0 unspecified atom stereocenters. The zero-order valence-corrected chi connectivity index (χ0v) is 25.6. The molecule has 44 heavy (non-hydrogen) atoms. The second-order valence-corrected chi connectivity index (χ2v) is 12.4. The first-order chi connectivity index (χ1) is 20.5. The number of hydrogen-bond donors (Lipinski definition) is 5. The lowest BCUT2D eigenvalue weighted by Gasteiger charge is -2.50. The molecule has 2 aliphatic heterocycles. The van der Waals surface area contributed by atoms with Crippen LogP contribution in [0.2, 0.25) is 0 Å². The molecular weight excluding hydrogens is 622 g/mol. The van der Waals surface area contributed by atoms with Gasteiger partial charge in [0.15, 0.2) is 16.9 Å². The Bertz CT molecular complexity index is 1660. The summed E-state index contributed by atoms with van der Waals surface area (Å²) in [5, 5.41) is 18.2. The number of aliphatic imine (C=N–C) groups is 1. The van der Waals surface area contributed by atoms with E-state index >= 15 is 0 Å². The van der Waals surface area contributed by atoms with E-state index in [-0.39, 0.29) is 17.2 Å². The standard InChI is InChI=1S/C25H31N7O10S2/c1-5-28-19(26)13-6-8-15-12(10-13)7-9-16(40-15)25(4,22(35)36)41-31-17(14-11-43-23(27)29-14)20(33)30-18-21(34)32(24(18,2)3)42-44(37,38)39/h6,8,10-11,16,18H,5,7,9H2,1-4H3,(H2,26,28)(H2,27,29)(H,30,33)(H,35,36)(H,37,38,39)/b31-17-/t16-,18-,25+/m1/s1. The van der Waals surface area contributed by atoms with E-state index < -0.39 is 57.2 Å². The molecule has 0 bridgehead atoms. The predicted molar refractivity (Wildman–Crippen MR) is 156 cm³/mol. The summed E-state index contributed by atoms with van der Waals surface area (Å²) in [4.78, 5) is 52.2. The van der Waals surface area contributed by atoms with E-state index in [1.54, 1.807) is 12.1 Å². The number of rotatable bonds is 11. The van der Waals surface area contributed by atoms with Crippen molar-refractivity contribution in [3.8, 4) is 5.75 Å². The van der Waals surface area contributed by atoms with Crippen LogP contribution in [0.15, 0.2) is 33.7 Å². The number of ether oxygens (including phenoxy) is 1. The van der Waals surface area contributed by atoms with Crippen molar-refractivity contribution in [1.82, 2.24) is 15.4 Å². The molecular formula is C25H31N7O10S2. The molecule has 0 saturated carbocycles. The summed E-state index contributed by atoms with van der Waals surface area (Å²) < 4.78 is 41.5. The molecule has 19 heteroatoms. The minimum Gasteiger partial charge on any atom is -0.485 e. The Labute approximate surface area is 255 Å². The smallest absolute Gasteiger partial charge is 0.418 e. The van der Waals surface area contributed by atoms with Gasteiger partial charge in [0.05, 0.1) is 5.54 Å². The fourth-order valence-electron chi connectivity index (χ4n) is 4.59. The maximum atomic E-state index is 13.4. The Hall–Kier alpha value is -4.33. The number of nitrogens with zero attached hydrogens (tertiary/aromatic N) is 4. The third-order valence-electron chi connectivity index (χ3n) is 7.10. The third kappa shape index (κ3) is 6.44. The van der Waals surface area contributed by atoms with Crippen LogP contribution in [0.1, 0.15) is 50.9 Å². The predicted octanol–water partition coefficient (Wildman–Crippen LogP) is 0.248. The van der Waals surface area contributed by atoms with Gasteiger partial charge in [0, 0.05) is 17.5 Å². The van der Waals surface area contributed by atoms with Crippen LogP contribution in [-0.2, 0) is 40.3 Å². The van der Waals surface area contributed by atoms with Crippen LogP contribution in [-0.4, -0.2) is 87.3 Å². The second-order valence-electron chi connectivity index (χ2n) is 10.5. The number of β-lactam (4-membered cyclic amide) rings is 1. The van der Waals surface area contributed by atoms with Crippen LogP contribution in [0.4, 0.5) is 5.13 Å².